The average molecular weight is 354 g/mol. The van der Waals surface area contributed by atoms with E-state index in [2.05, 4.69) is 54.2 Å². The molecule has 1 N–H and O–H groups in total. The molecular formula is C18H28BrNO. The molecular weight excluding hydrogens is 326 g/mol. The van der Waals surface area contributed by atoms with E-state index in [1.165, 1.54) is 29.3 Å². The van der Waals surface area contributed by atoms with Crippen molar-refractivity contribution >= 4 is 15.9 Å². The van der Waals surface area contributed by atoms with Gasteiger partial charge in [-0.05, 0) is 60.9 Å². The molecule has 21 heavy (non-hydrogen) atoms. The van der Waals surface area contributed by atoms with Crippen LogP contribution in [0.4, 0.5) is 0 Å². The summed E-state index contributed by atoms with van der Waals surface area (Å²) in [6.07, 6.45) is 5.10. The normalized spacial score (nSPS) is 22.2. The summed E-state index contributed by atoms with van der Waals surface area (Å²) >= 11 is 3.69. The first-order chi connectivity index (χ1) is 9.97. The molecule has 2 unspecified atom stereocenters. The third-order valence-corrected chi connectivity index (χ3v) is 5.76. The van der Waals surface area contributed by atoms with Gasteiger partial charge in [-0.3, -0.25) is 0 Å². The largest absolute Gasteiger partial charge is 0.497 e. The highest BCUT2D eigenvalue weighted by Gasteiger charge is 2.39. The molecule has 1 aromatic carbocycles. The van der Waals surface area contributed by atoms with Gasteiger partial charge in [0.15, 0.2) is 0 Å². The lowest BCUT2D eigenvalue weighted by Gasteiger charge is -2.35. The fourth-order valence-electron chi connectivity index (χ4n) is 3.79. The highest BCUT2D eigenvalue weighted by atomic mass is 79.9. The first kappa shape index (κ1) is 16.8. The number of benzene rings is 1. The van der Waals surface area contributed by atoms with E-state index in [1.54, 1.807) is 7.11 Å². The predicted molar refractivity (Wildman–Crippen MR) is 93.0 cm³/mol. The topological polar surface area (TPSA) is 21.3 Å². The van der Waals surface area contributed by atoms with E-state index in [9.17, 15) is 0 Å². The fraction of sp³-hybridized carbons (Fsp3) is 0.667. The molecule has 0 bridgehead atoms. The quantitative estimate of drug-likeness (QED) is 0.792. The molecule has 3 heteroatoms. The van der Waals surface area contributed by atoms with Crippen LogP contribution in [0.1, 0.15) is 45.6 Å². The molecule has 2 rings (SSSR count). The molecule has 1 aliphatic carbocycles. The lowest BCUT2D eigenvalue weighted by molar-refractivity contribution is 0.197. The summed E-state index contributed by atoms with van der Waals surface area (Å²) in [5.41, 5.74) is 1.78. The van der Waals surface area contributed by atoms with Gasteiger partial charge in [0.1, 0.15) is 5.75 Å². The van der Waals surface area contributed by atoms with Crippen LogP contribution in [0.15, 0.2) is 22.7 Å². The number of likely N-dealkylation sites (N-methyl/N-ethyl adjacent to an activating group) is 1. The molecule has 0 aliphatic heterocycles. The van der Waals surface area contributed by atoms with Gasteiger partial charge in [0.25, 0.3) is 0 Å². The third-order valence-electron chi connectivity index (χ3n) is 4.98. The second kappa shape index (κ2) is 7.15. The lowest BCUT2D eigenvalue weighted by atomic mass is 9.76. The van der Waals surface area contributed by atoms with E-state index in [0.717, 1.165) is 24.6 Å². The minimum atomic E-state index is 0.443. The Kier molecular flexibility index (Phi) is 5.73. The van der Waals surface area contributed by atoms with E-state index < -0.39 is 0 Å². The van der Waals surface area contributed by atoms with Crippen molar-refractivity contribution in [2.75, 3.05) is 13.7 Å². The lowest BCUT2D eigenvalue weighted by Crippen LogP contribution is -2.42. The molecule has 1 aromatic rings. The SMILES string of the molecule is CCNC(Cc1cc(OC)ccc1Br)C1CCCC1(C)C. The maximum atomic E-state index is 5.38. The zero-order chi connectivity index (χ0) is 15.5. The van der Waals surface area contributed by atoms with Crippen LogP contribution in [0, 0.1) is 11.3 Å². The van der Waals surface area contributed by atoms with Crippen LogP contribution >= 0.6 is 15.9 Å². The molecule has 118 valence electrons. The zero-order valence-corrected chi connectivity index (χ0v) is 15.3. The van der Waals surface area contributed by atoms with Gasteiger partial charge in [0.2, 0.25) is 0 Å². The highest BCUT2D eigenvalue weighted by molar-refractivity contribution is 9.10. The molecule has 1 saturated carbocycles. The van der Waals surface area contributed by atoms with Crippen LogP contribution < -0.4 is 10.1 Å². The monoisotopic (exact) mass is 353 g/mol. The third kappa shape index (κ3) is 4.01. The van der Waals surface area contributed by atoms with Crippen molar-refractivity contribution in [2.45, 2.75) is 52.5 Å². The van der Waals surface area contributed by atoms with E-state index in [-0.39, 0.29) is 0 Å². The molecule has 0 aromatic heterocycles. The predicted octanol–water partition coefficient (Wildman–Crippen LogP) is 4.80. The van der Waals surface area contributed by atoms with Crippen LogP contribution in [-0.4, -0.2) is 19.7 Å². The molecule has 2 nitrogen and oxygen atoms in total. The zero-order valence-electron chi connectivity index (χ0n) is 13.7. The smallest absolute Gasteiger partial charge is 0.119 e. The van der Waals surface area contributed by atoms with Gasteiger partial charge < -0.3 is 10.1 Å². The van der Waals surface area contributed by atoms with Gasteiger partial charge >= 0.3 is 0 Å². The molecule has 2 atom stereocenters. The Balaban J connectivity index is 2.20. The highest BCUT2D eigenvalue weighted by Crippen LogP contribution is 2.45. The van der Waals surface area contributed by atoms with Crippen LogP contribution in [0.3, 0.4) is 0 Å². The van der Waals surface area contributed by atoms with Crippen LogP contribution in [0.5, 0.6) is 5.75 Å². The van der Waals surface area contributed by atoms with Crippen molar-refractivity contribution < 1.29 is 4.74 Å². The average Bonchev–Trinajstić information content (AvgIpc) is 2.80. The second-order valence-corrected chi connectivity index (χ2v) is 7.67. The van der Waals surface area contributed by atoms with Crippen molar-refractivity contribution in [3.8, 4) is 5.75 Å². The Hall–Kier alpha value is -0.540. The van der Waals surface area contributed by atoms with E-state index in [0.29, 0.717) is 11.5 Å². The molecule has 0 saturated heterocycles. The van der Waals surface area contributed by atoms with Gasteiger partial charge in [-0.25, -0.2) is 0 Å². The first-order valence-electron chi connectivity index (χ1n) is 8.03. The van der Waals surface area contributed by atoms with E-state index >= 15 is 0 Å². The Labute approximate surface area is 137 Å². The number of ether oxygens (including phenoxy) is 1. The minimum Gasteiger partial charge on any atom is -0.497 e. The Morgan fingerprint density at radius 2 is 2.19 bits per heavy atom. The molecule has 0 amide bonds. The Morgan fingerprint density at radius 3 is 2.76 bits per heavy atom. The second-order valence-electron chi connectivity index (χ2n) is 6.81. The van der Waals surface area contributed by atoms with Gasteiger partial charge in [0.05, 0.1) is 7.11 Å². The van der Waals surface area contributed by atoms with Crippen molar-refractivity contribution in [2.24, 2.45) is 11.3 Å². The number of hydrogen-bond acceptors (Lipinski definition) is 2. The summed E-state index contributed by atoms with van der Waals surface area (Å²) in [6, 6.07) is 6.80. The number of rotatable bonds is 6. The number of nitrogens with one attached hydrogen (secondary N) is 1. The maximum absolute atomic E-state index is 5.38. The van der Waals surface area contributed by atoms with Crippen LogP contribution in [-0.2, 0) is 6.42 Å². The molecule has 0 radical (unpaired) electrons. The Morgan fingerprint density at radius 1 is 1.43 bits per heavy atom. The summed E-state index contributed by atoms with van der Waals surface area (Å²) in [6.45, 7) is 8.08. The summed E-state index contributed by atoms with van der Waals surface area (Å²) in [7, 11) is 1.73. The summed E-state index contributed by atoms with van der Waals surface area (Å²) in [4.78, 5) is 0. The van der Waals surface area contributed by atoms with Gasteiger partial charge in [0, 0.05) is 10.5 Å². The number of halogens is 1. The van der Waals surface area contributed by atoms with E-state index in [1.807, 2.05) is 6.07 Å². The van der Waals surface area contributed by atoms with Gasteiger partial charge in [-0.2, -0.15) is 0 Å². The van der Waals surface area contributed by atoms with Crippen molar-refractivity contribution in [1.82, 2.24) is 5.32 Å². The van der Waals surface area contributed by atoms with Crippen molar-refractivity contribution in [3.05, 3.63) is 28.2 Å². The maximum Gasteiger partial charge on any atom is 0.119 e. The number of hydrogen-bond donors (Lipinski definition) is 1. The van der Waals surface area contributed by atoms with Crippen LogP contribution in [0.2, 0.25) is 0 Å². The molecule has 1 aliphatic rings. The fourth-order valence-corrected chi connectivity index (χ4v) is 4.20. The van der Waals surface area contributed by atoms with E-state index in [4.69, 9.17) is 4.74 Å². The van der Waals surface area contributed by atoms with Gasteiger partial charge in [-0.1, -0.05) is 43.1 Å². The number of methoxy groups -OCH3 is 1. The summed E-state index contributed by atoms with van der Waals surface area (Å²) in [5.74, 6) is 1.68. The van der Waals surface area contributed by atoms with Crippen LogP contribution in [0.25, 0.3) is 0 Å². The van der Waals surface area contributed by atoms with Crippen molar-refractivity contribution in [1.29, 1.82) is 0 Å². The minimum absolute atomic E-state index is 0.443. The molecule has 0 heterocycles. The molecule has 1 fully saturated rings. The summed E-state index contributed by atoms with van der Waals surface area (Å²) in [5, 5.41) is 3.73. The van der Waals surface area contributed by atoms with Crippen molar-refractivity contribution in [3.63, 3.8) is 0 Å². The standard InChI is InChI=1S/C18H28BrNO/c1-5-20-17(15-7-6-10-18(15,2)3)12-13-11-14(21-4)8-9-16(13)19/h8-9,11,15,17,20H,5-7,10,12H2,1-4H3. The Bertz CT molecular complexity index is 472. The van der Waals surface area contributed by atoms with Gasteiger partial charge in [-0.15, -0.1) is 0 Å². The first-order valence-corrected chi connectivity index (χ1v) is 8.83. The molecule has 0 spiro atoms. The summed E-state index contributed by atoms with van der Waals surface area (Å²) < 4.78 is 6.56.